The predicted molar refractivity (Wildman–Crippen MR) is 75.5 cm³/mol. The summed E-state index contributed by atoms with van der Waals surface area (Å²) in [6.07, 6.45) is 1.16. The fraction of sp³-hybridized carbons (Fsp3) is 0.417. The fourth-order valence-corrected chi connectivity index (χ4v) is 3.51. The van der Waals surface area contributed by atoms with Gasteiger partial charge in [0.1, 0.15) is 0 Å². The number of fused-ring (bicyclic) bond motifs is 1. The summed E-state index contributed by atoms with van der Waals surface area (Å²) < 4.78 is 25.5. The molecule has 0 amide bonds. The van der Waals surface area contributed by atoms with Gasteiger partial charge in [0.15, 0.2) is 0 Å². The quantitative estimate of drug-likeness (QED) is 0.826. The molecular formula is C12H16N4O3S. The molecule has 2 aromatic rings. The molecule has 1 aliphatic rings. The Labute approximate surface area is 116 Å². The Hall–Kier alpha value is -1.64. The minimum absolute atomic E-state index is 0.00310. The average molecular weight is 296 g/mol. The van der Waals surface area contributed by atoms with Crippen molar-refractivity contribution < 1.29 is 8.42 Å². The molecular weight excluding hydrogens is 280 g/mol. The molecule has 3 N–H and O–H groups in total. The second-order valence-corrected chi connectivity index (χ2v) is 6.54. The van der Waals surface area contributed by atoms with Gasteiger partial charge >= 0.3 is 5.69 Å². The van der Waals surface area contributed by atoms with Crippen molar-refractivity contribution in [2.45, 2.75) is 18.9 Å². The molecule has 2 heterocycles. The third kappa shape index (κ3) is 2.26. The number of rotatable bonds is 2. The lowest BCUT2D eigenvalue weighted by atomic mass is 10.1. The summed E-state index contributed by atoms with van der Waals surface area (Å²) in [4.78, 5) is 14.9. The van der Waals surface area contributed by atoms with Crippen LogP contribution in [0.3, 0.4) is 0 Å². The molecule has 0 spiro atoms. The average Bonchev–Trinajstić information content (AvgIpc) is 2.73. The molecule has 1 fully saturated rings. The number of nitrogens with two attached hydrogens (primary N) is 1. The smallest absolute Gasteiger partial charge is 0.306 e. The number of aromatic amines is 1. The third-order valence-electron chi connectivity index (χ3n) is 3.77. The SMILES string of the molecule is NS(=O)(=O)N1CCC(n2c(=O)[nH]c3ccccc32)CC1. The molecule has 0 saturated carbocycles. The van der Waals surface area contributed by atoms with Crippen molar-refractivity contribution in [1.29, 1.82) is 0 Å². The van der Waals surface area contributed by atoms with Gasteiger partial charge in [-0.15, -0.1) is 0 Å². The molecule has 1 saturated heterocycles. The highest BCUT2D eigenvalue weighted by atomic mass is 32.2. The zero-order valence-corrected chi connectivity index (χ0v) is 11.6. The summed E-state index contributed by atoms with van der Waals surface area (Å²) >= 11 is 0. The third-order valence-corrected chi connectivity index (χ3v) is 4.86. The van der Waals surface area contributed by atoms with Crippen molar-refractivity contribution in [1.82, 2.24) is 13.9 Å². The van der Waals surface area contributed by atoms with Crippen molar-refractivity contribution in [2.75, 3.05) is 13.1 Å². The highest BCUT2D eigenvalue weighted by Gasteiger charge is 2.27. The van der Waals surface area contributed by atoms with E-state index in [4.69, 9.17) is 5.14 Å². The number of nitrogens with one attached hydrogen (secondary N) is 1. The van der Waals surface area contributed by atoms with E-state index in [1.54, 1.807) is 4.57 Å². The summed E-state index contributed by atoms with van der Waals surface area (Å²) in [6.45, 7) is 0.685. The summed E-state index contributed by atoms with van der Waals surface area (Å²) in [5.74, 6) is 0. The maximum Gasteiger partial charge on any atom is 0.326 e. The molecule has 20 heavy (non-hydrogen) atoms. The molecule has 0 radical (unpaired) electrons. The van der Waals surface area contributed by atoms with Crippen LogP contribution < -0.4 is 10.8 Å². The van der Waals surface area contributed by atoms with E-state index >= 15 is 0 Å². The van der Waals surface area contributed by atoms with Gasteiger partial charge in [-0.25, -0.2) is 9.93 Å². The number of nitrogens with zero attached hydrogens (tertiary/aromatic N) is 2. The molecule has 1 aromatic carbocycles. The first-order chi connectivity index (χ1) is 9.47. The topological polar surface area (TPSA) is 101 Å². The maximum atomic E-state index is 12.1. The zero-order chi connectivity index (χ0) is 14.3. The van der Waals surface area contributed by atoms with Crippen LogP contribution in [0, 0.1) is 0 Å². The largest absolute Gasteiger partial charge is 0.326 e. The monoisotopic (exact) mass is 296 g/mol. The van der Waals surface area contributed by atoms with E-state index in [-0.39, 0.29) is 11.7 Å². The number of benzene rings is 1. The van der Waals surface area contributed by atoms with Crippen molar-refractivity contribution in [3.05, 3.63) is 34.7 Å². The van der Waals surface area contributed by atoms with Gasteiger partial charge in [-0.2, -0.15) is 12.7 Å². The molecule has 108 valence electrons. The minimum Gasteiger partial charge on any atom is -0.306 e. The number of para-hydroxylation sites is 2. The highest BCUT2D eigenvalue weighted by molar-refractivity contribution is 7.86. The number of imidazole rings is 1. The van der Waals surface area contributed by atoms with Crippen LogP contribution in [-0.2, 0) is 10.2 Å². The standard InChI is InChI=1S/C12H16N4O3S/c13-20(18,19)15-7-5-9(6-8-15)16-11-4-2-1-3-10(11)14-12(16)17/h1-4,9H,5-8H2,(H,14,17)(H2,13,18,19). The first-order valence-electron chi connectivity index (χ1n) is 6.44. The zero-order valence-electron chi connectivity index (χ0n) is 10.8. The van der Waals surface area contributed by atoms with Gasteiger partial charge in [0.2, 0.25) is 0 Å². The number of hydrogen-bond donors (Lipinski definition) is 2. The first-order valence-corrected chi connectivity index (χ1v) is 7.94. The second kappa shape index (κ2) is 4.72. The Morgan fingerprint density at radius 3 is 2.50 bits per heavy atom. The van der Waals surface area contributed by atoms with Crippen LogP contribution in [0.1, 0.15) is 18.9 Å². The molecule has 0 aliphatic carbocycles. The Balaban J connectivity index is 1.91. The highest BCUT2D eigenvalue weighted by Crippen LogP contribution is 2.25. The van der Waals surface area contributed by atoms with Crippen LogP contribution in [0.15, 0.2) is 29.1 Å². The normalized spacial score (nSPS) is 18.6. The molecule has 8 heteroatoms. The first kappa shape index (κ1) is 13.3. The Morgan fingerprint density at radius 1 is 1.20 bits per heavy atom. The Morgan fingerprint density at radius 2 is 1.85 bits per heavy atom. The van der Waals surface area contributed by atoms with Gasteiger partial charge in [0, 0.05) is 19.1 Å². The van der Waals surface area contributed by atoms with Crippen molar-refractivity contribution in [3.63, 3.8) is 0 Å². The van der Waals surface area contributed by atoms with Gasteiger partial charge in [-0.3, -0.25) is 4.57 Å². The molecule has 3 rings (SSSR count). The number of hydrogen-bond acceptors (Lipinski definition) is 3. The van der Waals surface area contributed by atoms with Crippen LogP contribution >= 0.6 is 0 Å². The molecule has 0 atom stereocenters. The molecule has 7 nitrogen and oxygen atoms in total. The second-order valence-electron chi connectivity index (χ2n) is 4.99. The van der Waals surface area contributed by atoms with Gasteiger partial charge in [-0.05, 0) is 25.0 Å². The Bertz CT molecular complexity index is 784. The van der Waals surface area contributed by atoms with E-state index in [1.807, 2.05) is 24.3 Å². The molecule has 0 bridgehead atoms. The fourth-order valence-electron chi connectivity index (χ4n) is 2.79. The van der Waals surface area contributed by atoms with Gasteiger partial charge in [0.25, 0.3) is 10.2 Å². The van der Waals surface area contributed by atoms with E-state index in [2.05, 4.69) is 4.98 Å². The summed E-state index contributed by atoms with van der Waals surface area (Å²) in [7, 11) is -3.63. The molecule has 0 unspecified atom stereocenters. The molecule has 1 aromatic heterocycles. The lowest BCUT2D eigenvalue weighted by Crippen LogP contribution is -2.43. The van der Waals surface area contributed by atoms with E-state index < -0.39 is 10.2 Å². The van der Waals surface area contributed by atoms with Crippen LogP contribution in [0.2, 0.25) is 0 Å². The number of aromatic nitrogens is 2. The van der Waals surface area contributed by atoms with Crippen molar-refractivity contribution >= 4 is 21.2 Å². The van der Waals surface area contributed by atoms with Crippen molar-refractivity contribution in [2.24, 2.45) is 5.14 Å². The van der Waals surface area contributed by atoms with Crippen molar-refractivity contribution in [3.8, 4) is 0 Å². The van der Waals surface area contributed by atoms with Crippen LogP contribution in [0.5, 0.6) is 0 Å². The number of H-pyrrole nitrogens is 1. The molecule has 1 aliphatic heterocycles. The van der Waals surface area contributed by atoms with Crippen LogP contribution in [0.25, 0.3) is 11.0 Å². The minimum atomic E-state index is -3.63. The summed E-state index contributed by atoms with van der Waals surface area (Å²) in [5.41, 5.74) is 1.50. The van der Waals surface area contributed by atoms with Gasteiger partial charge in [-0.1, -0.05) is 12.1 Å². The summed E-state index contributed by atoms with van der Waals surface area (Å²) in [6, 6.07) is 7.49. The summed E-state index contributed by atoms with van der Waals surface area (Å²) in [5, 5.41) is 5.12. The number of piperidine rings is 1. The van der Waals surface area contributed by atoms with E-state index in [9.17, 15) is 13.2 Å². The van der Waals surface area contributed by atoms with E-state index in [0.717, 1.165) is 11.0 Å². The van der Waals surface area contributed by atoms with Gasteiger partial charge in [0.05, 0.1) is 11.0 Å². The lowest BCUT2D eigenvalue weighted by molar-refractivity contribution is 0.274. The van der Waals surface area contributed by atoms with Gasteiger partial charge < -0.3 is 4.98 Å². The van der Waals surface area contributed by atoms with E-state index in [1.165, 1.54) is 4.31 Å². The Kier molecular flexibility index (Phi) is 3.15. The van der Waals surface area contributed by atoms with Crippen LogP contribution in [0.4, 0.5) is 0 Å². The predicted octanol–water partition coefficient (Wildman–Crippen LogP) is 0.170. The van der Waals surface area contributed by atoms with Crippen LogP contribution in [-0.4, -0.2) is 35.4 Å². The maximum absolute atomic E-state index is 12.1. The lowest BCUT2D eigenvalue weighted by Gasteiger charge is -2.30. The van der Waals surface area contributed by atoms with E-state index in [0.29, 0.717) is 25.9 Å².